The molecule has 2 N–H and O–H groups in total. The highest BCUT2D eigenvalue weighted by Gasteiger charge is 2.41. The zero-order valence-electron chi connectivity index (χ0n) is 10.5. The van der Waals surface area contributed by atoms with Gasteiger partial charge in [-0.05, 0) is 50.9 Å². The van der Waals surface area contributed by atoms with E-state index in [1.165, 1.54) is 25.7 Å². The summed E-state index contributed by atoms with van der Waals surface area (Å²) in [5, 5.41) is 6.21. The molecule has 0 heterocycles. The molecule has 4 atom stereocenters. The average Bonchev–Trinajstić information content (AvgIpc) is 2.88. The van der Waals surface area contributed by atoms with Gasteiger partial charge in [-0.3, -0.25) is 4.79 Å². The molecule has 2 fully saturated rings. The first-order chi connectivity index (χ1) is 7.70. The van der Waals surface area contributed by atoms with Crippen LogP contribution in [0.2, 0.25) is 0 Å². The molecule has 3 nitrogen and oxygen atoms in total. The van der Waals surface area contributed by atoms with E-state index in [0.717, 1.165) is 24.3 Å². The van der Waals surface area contributed by atoms with E-state index in [-0.39, 0.29) is 5.91 Å². The molecule has 0 aromatic carbocycles. The van der Waals surface area contributed by atoms with Crippen LogP contribution >= 0.6 is 0 Å². The molecular weight excluding hydrogens is 200 g/mol. The molecule has 2 rings (SSSR count). The molecule has 92 valence electrons. The maximum absolute atomic E-state index is 11.3. The molecule has 3 heteroatoms. The van der Waals surface area contributed by atoms with Crippen LogP contribution in [0.5, 0.6) is 0 Å². The van der Waals surface area contributed by atoms with Gasteiger partial charge in [0.05, 0.1) is 6.54 Å². The molecule has 0 spiro atoms. The lowest BCUT2D eigenvalue weighted by atomic mass is 9.84. The Morgan fingerprint density at radius 1 is 1.38 bits per heavy atom. The summed E-state index contributed by atoms with van der Waals surface area (Å²) in [6.07, 6.45) is 5.69. The van der Waals surface area contributed by atoms with Crippen LogP contribution in [0.4, 0.5) is 0 Å². The molecule has 2 bridgehead atoms. The third kappa shape index (κ3) is 2.57. The summed E-state index contributed by atoms with van der Waals surface area (Å²) >= 11 is 0. The van der Waals surface area contributed by atoms with E-state index in [1.54, 1.807) is 0 Å². The highest BCUT2D eigenvalue weighted by atomic mass is 16.1. The largest absolute Gasteiger partial charge is 0.355 e. The molecule has 2 aliphatic rings. The van der Waals surface area contributed by atoms with Crippen molar-refractivity contribution in [2.75, 3.05) is 13.1 Å². The Hall–Kier alpha value is -0.570. The fraction of sp³-hybridized carbons (Fsp3) is 0.923. The molecular formula is C13H24N2O. The minimum atomic E-state index is 0.123. The summed E-state index contributed by atoms with van der Waals surface area (Å²) in [6, 6.07) is 0.498. The van der Waals surface area contributed by atoms with Crippen LogP contribution in [-0.2, 0) is 4.79 Å². The predicted octanol–water partition coefficient (Wildman–Crippen LogP) is 1.54. The van der Waals surface area contributed by atoms with Crippen LogP contribution in [0.15, 0.2) is 0 Å². The first kappa shape index (κ1) is 11.9. The summed E-state index contributed by atoms with van der Waals surface area (Å²) in [7, 11) is 0. The van der Waals surface area contributed by atoms with Gasteiger partial charge in [0.25, 0.3) is 0 Å². The minimum Gasteiger partial charge on any atom is -0.355 e. The fourth-order valence-corrected chi connectivity index (χ4v) is 3.57. The quantitative estimate of drug-likeness (QED) is 0.743. The third-order valence-electron chi connectivity index (χ3n) is 4.39. The standard InChI is InChI=1S/C13H24N2O/c1-3-14-13(16)8-15-9(2)12-7-10-4-5-11(12)6-10/h9-12,15H,3-8H2,1-2H3,(H,14,16). The van der Waals surface area contributed by atoms with Crippen molar-refractivity contribution in [3.05, 3.63) is 0 Å². The molecule has 0 saturated heterocycles. The van der Waals surface area contributed by atoms with Crippen molar-refractivity contribution in [3.8, 4) is 0 Å². The predicted molar refractivity (Wildman–Crippen MR) is 65.1 cm³/mol. The van der Waals surface area contributed by atoms with Gasteiger partial charge in [0.15, 0.2) is 0 Å². The Morgan fingerprint density at radius 3 is 2.75 bits per heavy atom. The maximum atomic E-state index is 11.3. The number of hydrogen-bond donors (Lipinski definition) is 2. The zero-order valence-corrected chi connectivity index (χ0v) is 10.5. The lowest BCUT2D eigenvalue weighted by molar-refractivity contribution is -0.120. The lowest BCUT2D eigenvalue weighted by Gasteiger charge is -2.28. The number of likely N-dealkylation sites (N-methyl/N-ethyl adjacent to an activating group) is 1. The van der Waals surface area contributed by atoms with Gasteiger partial charge in [0.1, 0.15) is 0 Å². The van der Waals surface area contributed by atoms with Crippen molar-refractivity contribution in [2.24, 2.45) is 17.8 Å². The van der Waals surface area contributed by atoms with E-state index in [0.29, 0.717) is 12.6 Å². The number of nitrogens with one attached hydrogen (secondary N) is 2. The van der Waals surface area contributed by atoms with Crippen molar-refractivity contribution in [1.82, 2.24) is 10.6 Å². The molecule has 2 saturated carbocycles. The molecule has 16 heavy (non-hydrogen) atoms. The first-order valence-electron chi connectivity index (χ1n) is 6.70. The van der Waals surface area contributed by atoms with E-state index >= 15 is 0 Å². The SMILES string of the molecule is CCNC(=O)CNC(C)C1CC2CCC1C2. The molecule has 0 aliphatic heterocycles. The summed E-state index contributed by atoms with van der Waals surface area (Å²) in [5.74, 6) is 2.86. The Balaban J connectivity index is 1.72. The fourth-order valence-electron chi connectivity index (χ4n) is 3.57. The first-order valence-corrected chi connectivity index (χ1v) is 6.70. The number of hydrogen-bond acceptors (Lipinski definition) is 2. The monoisotopic (exact) mass is 224 g/mol. The average molecular weight is 224 g/mol. The molecule has 4 unspecified atom stereocenters. The van der Waals surface area contributed by atoms with Crippen molar-refractivity contribution in [2.45, 2.75) is 45.6 Å². The summed E-state index contributed by atoms with van der Waals surface area (Å²) in [5.41, 5.74) is 0. The van der Waals surface area contributed by atoms with Crippen LogP contribution in [-0.4, -0.2) is 25.0 Å². The van der Waals surface area contributed by atoms with E-state index in [2.05, 4.69) is 17.6 Å². The third-order valence-corrected chi connectivity index (χ3v) is 4.39. The Labute approximate surface area is 98.4 Å². The molecule has 2 aliphatic carbocycles. The van der Waals surface area contributed by atoms with Crippen molar-refractivity contribution in [3.63, 3.8) is 0 Å². The van der Waals surface area contributed by atoms with E-state index < -0.39 is 0 Å². The molecule has 0 aromatic heterocycles. The number of rotatable bonds is 5. The molecule has 0 radical (unpaired) electrons. The van der Waals surface area contributed by atoms with Crippen LogP contribution in [0.1, 0.15) is 39.5 Å². The van der Waals surface area contributed by atoms with Gasteiger partial charge >= 0.3 is 0 Å². The van der Waals surface area contributed by atoms with Gasteiger partial charge in [-0.15, -0.1) is 0 Å². The number of amides is 1. The van der Waals surface area contributed by atoms with Crippen molar-refractivity contribution < 1.29 is 4.79 Å². The normalized spacial score (nSPS) is 34.0. The topological polar surface area (TPSA) is 41.1 Å². The Morgan fingerprint density at radius 2 is 2.19 bits per heavy atom. The Bertz CT molecular complexity index is 254. The Kier molecular flexibility index (Phi) is 3.85. The number of fused-ring (bicyclic) bond motifs is 2. The molecule has 1 amide bonds. The second-order valence-corrected chi connectivity index (χ2v) is 5.46. The second kappa shape index (κ2) is 5.17. The van der Waals surface area contributed by atoms with Crippen LogP contribution in [0.3, 0.4) is 0 Å². The molecule has 0 aromatic rings. The lowest BCUT2D eigenvalue weighted by Crippen LogP contribution is -2.42. The van der Waals surface area contributed by atoms with E-state index in [4.69, 9.17) is 0 Å². The highest BCUT2D eigenvalue weighted by molar-refractivity contribution is 5.77. The smallest absolute Gasteiger partial charge is 0.233 e. The van der Waals surface area contributed by atoms with Gasteiger partial charge in [-0.1, -0.05) is 6.42 Å². The van der Waals surface area contributed by atoms with E-state index in [9.17, 15) is 4.79 Å². The minimum absolute atomic E-state index is 0.123. The van der Waals surface area contributed by atoms with Crippen LogP contribution < -0.4 is 10.6 Å². The number of carbonyl (C=O) groups is 1. The van der Waals surface area contributed by atoms with Gasteiger partial charge < -0.3 is 10.6 Å². The van der Waals surface area contributed by atoms with Gasteiger partial charge in [0.2, 0.25) is 5.91 Å². The van der Waals surface area contributed by atoms with Gasteiger partial charge in [0, 0.05) is 12.6 Å². The zero-order chi connectivity index (χ0) is 11.5. The van der Waals surface area contributed by atoms with Crippen molar-refractivity contribution >= 4 is 5.91 Å². The van der Waals surface area contributed by atoms with Crippen LogP contribution in [0, 0.1) is 17.8 Å². The van der Waals surface area contributed by atoms with Crippen LogP contribution in [0.25, 0.3) is 0 Å². The summed E-state index contributed by atoms with van der Waals surface area (Å²) < 4.78 is 0. The summed E-state index contributed by atoms with van der Waals surface area (Å²) in [6.45, 7) is 5.40. The maximum Gasteiger partial charge on any atom is 0.233 e. The number of carbonyl (C=O) groups excluding carboxylic acids is 1. The van der Waals surface area contributed by atoms with Gasteiger partial charge in [-0.25, -0.2) is 0 Å². The van der Waals surface area contributed by atoms with Gasteiger partial charge in [-0.2, -0.15) is 0 Å². The summed E-state index contributed by atoms with van der Waals surface area (Å²) in [4.78, 5) is 11.3. The second-order valence-electron chi connectivity index (χ2n) is 5.46. The highest BCUT2D eigenvalue weighted by Crippen LogP contribution is 2.49. The van der Waals surface area contributed by atoms with Crippen molar-refractivity contribution in [1.29, 1.82) is 0 Å². The van der Waals surface area contributed by atoms with E-state index in [1.807, 2.05) is 6.92 Å².